The molecule has 4 nitrogen and oxygen atoms in total. The first-order chi connectivity index (χ1) is 15.5. The molecule has 0 saturated carbocycles. The zero-order valence-corrected chi connectivity index (χ0v) is 18.8. The van der Waals surface area contributed by atoms with Crippen LogP contribution in [0, 0.1) is 5.82 Å². The predicted molar refractivity (Wildman–Crippen MR) is 128 cm³/mol. The standard InChI is InChI=1S/C24H16Cl2FN3OS/c25-15-7-5-6-14(21(15)26)19-11-12-20(31-19)23-22(17-9-3-4-13-28-17)29-24(32)30(23)18-10-2-1-8-16(18)27/h1-13,22-23H,(H,29,32)/t22-,23+/m0/s1. The van der Waals surface area contributed by atoms with E-state index in [1.165, 1.54) is 6.07 Å². The Bertz CT molecular complexity index is 1300. The predicted octanol–water partition coefficient (Wildman–Crippen LogP) is 6.96. The van der Waals surface area contributed by atoms with Crippen LogP contribution in [0.2, 0.25) is 10.0 Å². The summed E-state index contributed by atoms with van der Waals surface area (Å²) >= 11 is 18.2. The second-order valence-corrected chi connectivity index (χ2v) is 8.42. The van der Waals surface area contributed by atoms with Crippen LogP contribution in [0.25, 0.3) is 11.3 Å². The summed E-state index contributed by atoms with van der Waals surface area (Å²) in [4.78, 5) is 6.22. The monoisotopic (exact) mass is 483 g/mol. The number of para-hydroxylation sites is 1. The van der Waals surface area contributed by atoms with Crippen LogP contribution in [0.15, 0.2) is 83.4 Å². The van der Waals surface area contributed by atoms with E-state index in [4.69, 9.17) is 39.8 Å². The number of nitrogens with one attached hydrogen (secondary N) is 1. The number of aromatic nitrogens is 1. The molecule has 160 valence electrons. The SMILES string of the molecule is Fc1ccccc1N1C(=S)N[C@@H](c2ccccn2)[C@H]1c1ccc(-c2cccc(Cl)c2Cl)o1. The minimum Gasteiger partial charge on any atom is -0.459 e. The lowest BCUT2D eigenvalue weighted by atomic mass is 10.0. The Hall–Kier alpha value is -2.93. The highest BCUT2D eigenvalue weighted by molar-refractivity contribution is 7.80. The fourth-order valence-electron chi connectivity index (χ4n) is 3.90. The van der Waals surface area contributed by atoms with Gasteiger partial charge in [-0.05, 0) is 60.7 Å². The number of rotatable bonds is 4. The van der Waals surface area contributed by atoms with Crippen molar-refractivity contribution in [2.45, 2.75) is 12.1 Å². The zero-order valence-electron chi connectivity index (χ0n) is 16.5. The molecule has 0 unspecified atom stereocenters. The first-order valence-electron chi connectivity index (χ1n) is 9.84. The molecule has 3 heterocycles. The minimum atomic E-state index is -0.471. The lowest BCUT2D eigenvalue weighted by molar-refractivity contribution is 0.438. The van der Waals surface area contributed by atoms with E-state index in [9.17, 15) is 4.39 Å². The van der Waals surface area contributed by atoms with E-state index in [1.807, 2.05) is 36.4 Å². The lowest BCUT2D eigenvalue weighted by Crippen LogP contribution is -2.30. The largest absolute Gasteiger partial charge is 0.459 e. The van der Waals surface area contributed by atoms with Gasteiger partial charge in [-0.3, -0.25) is 4.98 Å². The van der Waals surface area contributed by atoms with Gasteiger partial charge in [0.25, 0.3) is 0 Å². The number of benzene rings is 2. The molecule has 8 heteroatoms. The Kier molecular flexibility index (Phi) is 5.59. The van der Waals surface area contributed by atoms with E-state index in [0.717, 1.165) is 5.69 Å². The Balaban J connectivity index is 1.63. The first-order valence-corrected chi connectivity index (χ1v) is 11.0. The third-order valence-electron chi connectivity index (χ3n) is 5.35. The minimum absolute atomic E-state index is 0.350. The number of nitrogens with zero attached hydrogens (tertiary/aromatic N) is 2. The van der Waals surface area contributed by atoms with Crippen LogP contribution in [0.5, 0.6) is 0 Å². The number of halogens is 3. The van der Waals surface area contributed by atoms with Crippen LogP contribution in [-0.4, -0.2) is 10.1 Å². The van der Waals surface area contributed by atoms with Gasteiger partial charge in [-0.15, -0.1) is 0 Å². The fraction of sp³-hybridized carbons (Fsp3) is 0.0833. The van der Waals surface area contributed by atoms with Crippen molar-refractivity contribution in [1.29, 1.82) is 0 Å². The average molecular weight is 484 g/mol. The maximum absolute atomic E-state index is 14.8. The molecule has 0 amide bonds. The average Bonchev–Trinajstić information content (AvgIpc) is 3.41. The number of hydrogen-bond acceptors (Lipinski definition) is 3. The first kappa shape index (κ1) is 20.9. The molecule has 0 bridgehead atoms. The smallest absolute Gasteiger partial charge is 0.174 e. The molecule has 1 N–H and O–H groups in total. The Morgan fingerprint density at radius 1 is 0.969 bits per heavy atom. The van der Waals surface area contributed by atoms with Crippen LogP contribution in [0.3, 0.4) is 0 Å². The third-order valence-corrected chi connectivity index (χ3v) is 6.48. The van der Waals surface area contributed by atoms with Gasteiger partial charge in [0.1, 0.15) is 23.4 Å². The normalized spacial score (nSPS) is 18.1. The van der Waals surface area contributed by atoms with Crippen molar-refractivity contribution in [2.24, 2.45) is 0 Å². The Labute approximate surface area is 199 Å². The van der Waals surface area contributed by atoms with E-state index in [2.05, 4.69) is 10.3 Å². The van der Waals surface area contributed by atoms with Crippen molar-refractivity contribution in [2.75, 3.05) is 4.90 Å². The summed E-state index contributed by atoms with van der Waals surface area (Å²) in [5.41, 5.74) is 1.79. The van der Waals surface area contributed by atoms with Crippen molar-refractivity contribution in [3.05, 3.63) is 106 Å². The summed E-state index contributed by atoms with van der Waals surface area (Å²) in [5.74, 6) is 0.758. The van der Waals surface area contributed by atoms with E-state index >= 15 is 0 Å². The summed E-state index contributed by atoms with van der Waals surface area (Å²) in [7, 11) is 0. The van der Waals surface area contributed by atoms with E-state index in [-0.39, 0.29) is 11.9 Å². The molecule has 2 aromatic carbocycles. The van der Waals surface area contributed by atoms with Gasteiger partial charge in [-0.1, -0.05) is 47.5 Å². The van der Waals surface area contributed by atoms with Crippen LogP contribution in [-0.2, 0) is 0 Å². The second-order valence-electron chi connectivity index (χ2n) is 7.25. The maximum atomic E-state index is 14.8. The van der Waals surface area contributed by atoms with E-state index in [1.54, 1.807) is 41.4 Å². The second kappa shape index (κ2) is 8.54. The van der Waals surface area contributed by atoms with Crippen molar-refractivity contribution in [1.82, 2.24) is 10.3 Å². The topological polar surface area (TPSA) is 41.3 Å². The highest BCUT2D eigenvalue weighted by atomic mass is 35.5. The van der Waals surface area contributed by atoms with Gasteiger partial charge in [0.2, 0.25) is 0 Å². The fourth-order valence-corrected chi connectivity index (χ4v) is 4.63. The third kappa shape index (κ3) is 3.64. The highest BCUT2D eigenvalue weighted by Gasteiger charge is 2.43. The molecule has 1 aliphatic heterocycles. The molecule has 0 radical (unpaired) electrons. The van der Waals surface area contributed by atoms with Crippen molar-refractivity contribution in [3.63, 3.8) is 0 Å². The summed E-state index contributed by atoms with van der Waals surface area (Å²) in [5, 5.41) is 4.51. The molecular formula is C24H16Cl2FN3OS. The molecule has 0 spiro atoms. The lowest BCUT2D eigenvalue weighted by Gasteiger charge is -2.26. The van der Waals surface area contributed by atoms with E-state index < -0.39 is 6.04 Å². The number of furan rings is 1. The van der Waals surface area contributed by atoms with Gasteiger partial charge < -0.3 is 14.6 Å². The molecular weight excluding hydrogens is 468 g/mol. The van der Waals surface area contributed by atoms with Gasteiger partial charge in [0.05, 0.1) is 27.5 Å². The summed E-state index contributed by atoms with van der Waals surface area (Å²) < 4.78 is 21.0. The van der Waals surface area contributed by atoms with Crippen LogP contribution in [0.1, 0.15) is 23.5 Å². The molecule has 2 aromatic heterocycles. The number of pyridine rings is 1. The van der Waals surface area contributed by atoms with Crippen molar-refractivity contribution >= 4 is 46.2 Å². The molecule has 1 fully saturated rings. The van der Waals surface area contributed by atoms with Gasteiger partial charge >= 0.3 is 0 Å². The zero-order chi connectivity index (χ0) is 22.2. The summed E-state index contributed by atoms with van der Waals surface area (Å²) in [6.07, 6.45) is 1.71. The Morgan fingerprint density at radius 2 is 1.78 bits per heavy atom. The Morgan fingerprint density at radius 3 is 2.56 bits per heavy atom. The summed E-state index contributed by atoms with van der Waals surface area (Å²) in [6.45, 7) is 0. The maximum Gasteiger partial charge on any atom is 0.174 e. The van der Waals surface area contributed by atoms with Crippen LogP contribution >= 0.6 is 35.4 Å². The molecule has 4 aromatic rings. The molecule has 5 rings (SSSR count). The van der Waals surface area contributed by atoms with Gasteiger partial charge in [-0.2, -0.15) is 0 Å². The number of hydrogen-bond donors (Lipinski definition) is 1. The quantitative estimate of drug-likeness (QED) is 0.317. The number of thiocarbonyl (C=S) groups is 1. The number of anilines is 1. The van der Waals surface area contributed by atoms with Gasteiger partial charge in [-0.25, -0.2) is 4.39 Å². The molecule has 32 heavy (non-hydrogen) atoms. The van der Waals surface area contributed by atoms with Crippen LogP contribution in [0.4, 0.5) is 10.1 Å². The molecule has 1 aliphatic rings. The summed E-state index contributed by atoms with van der Waals surface area (Å²) in [6, 6.07) is 20.3. The van der Waals surface area contributed by atoms with Crippen molar-refractivity contribution in [3.8, 4) is 11.3 Å². The van der Waals surface area contributed by atoms with Gasteiger partial charge in [0, 0.05) is 11.8 Å². The van der Waals surface area contributed by atoms with Crippen LogP contribution < -0.4 is 10.2 Å². The molecule has 2 atom stereocenters. The molecule has 1 saturated heterocycles. The van der Waals surface area contributed by atoms with Crippen molar-refractivity contribution < 1.29 is 8.81 Å². The van der Waals surface area contributed by atoms with E-state index in [0.29, 0.717) is 37.9 Å². The van der Waals surface area contributed by atoms with Gasteiger partial charge in [0.15, 0.2) is 5.11 Å². The molecule has 0 aliphatic carbocycles. The highest BCUT2D eigenvalue weighted by Crippen LogP contribution is 2.44.